The summed E-state index contributed by atoms with van der Waals surface area (Å²) in [5, 5.41) is 4.74. The zero-order valence-electron chi connectivity index (χ0n) is 12.4. The summed E-state index contributed by atoms with van der Waals surface area (Å²) < 4.78 is 0. The van der Waals surface area contributed by atoms with E-state index in [0.717, 1.165) is 24.2 Å². The molecule has 1 aromatic heterocycles. The summed E-state index contributed by atoms with van der Waals surface area (Å²) in [6.45, 7) is 9.79. The molecule has 0 fully saturated rings. The molecule has 1 N–H and O–H groups in total. The second-order valence-corrected chi connectivity index (χ2v) is 5.85. The summed E-state index contributed by atoms with van der Waals surface area (Å²) >= 11 is 0. The van der Waals surface area contributed by atoms with Gasteiger partial charge < -0.3 is 5.32 Å². The van der Waals surface area contributed by atoms with Crippen LogP contribution in [0.4, 0.5) is 0 Å². The molecular formula is C17H24N2. The Morgan fingerprint density at radius 2 is 1.89 bits per heavy atom. The van der Waals surface area contributed by atoms with Crippen LogP contribution in [0.5, 0.6) is 0 Å². The molecule has 2 nitrogen and oxygen atoms in total. The lowest BCUT2D eigenvalue weighted by atomic mass is 9.99. The maximum atomic E-state index is 4.54. The Morgan fingerprint density at radius 3 is 2.63 bits per heavy atom. The first-order chi connectivity index (χ1) is 9.04. The fourth-order valence-electron chi connectivity index (χ4n) is 2.32. The number of rotatable bonds is 5. The van der Waals surface area contributed by atoms with E-state index in [2.05, 4.69) is 61.4 Å². The summed E-state index contributed by atoms with van der Waals surface area (Å²) in [6.07, 6.45) is 1.11. The molecular weight excluding hydrogens is 232 g/mol. The van der Waals surface area contributed by atoms with Gasteiger partial charge in [0.15, 0.2) is 0 Å². The molecule has 0 saturated heterocycles. The summed E-state index contributed by atoms with van der Waals surface area (Å²) in [7, 11) is 0. The molecule has 1 heterocycles. The molecule has 2 rings (SSSR count). The molecule has 2 heteroatoms. The molecule has 1 atom stereocenters. The van der Waals surface area contributed by atoms with E-state index in [0.29, 0.717) is 12.0 Å². The van der Waals surface area contributed by atoms with Gasteiger partial charge in [-0.05, 0) is 49.6 Å². The van der Waals surface area contributed by atoms with Crippen LogP contribution in [0.2, 0.25) is 0 Å². The van der Waals surface area contributed by atoms with Crippen LogP contribution in [0, 0.1) is 12.8 Å². The smallest absolute Gasteiger partial charge is 0.0705 e. The minimum Gasteiger partial charge on any atom is -0.314 e. The van der Waals surface area contributed by atoms with Crippen LogP contribution in [0.3, 0.4) is 0 Å². The van der Waals surface area contributed by atoms with Crippen molar-refractivity contribution in [3.8, 4) is 0 Å². The summed E-state index contributed by atoms with van der Waals surface area (Å²) in [5.41, 5.74) is 3.57. The standard InChI is InChI=1S/C17H24N2/c1-12(2)18-11-13(3)9-15-6-8-17-16(10-15)7-5-14(4)19-17/h5-8,10,12-13,18H,9,11H2,1-4H3. The maximum Gasteiger partial charge on any atom is 0.0705 e. The lowest BCUT2D eigenvalue weighted by Crippen LogP contribution is -2.28. The number of pyridine rings is 1. The van der Waals surface area contributed by atoms with E-state index < -0.39 is 0 Å². The number of aryl methyl sites for hydroxylation is 1. The van der Waals surface area contributed by atoms with Crippen LogP contribution in [-0.4, -0.2) is 17.6 Å². The number of hydrogen-bond acceptors (Lipinski definition) is 2. The minimum absolute atomic E-state index is 0.561. The van der Waals surface area contributed by atoms with Crippen LogP contribution in [-0.2, 0) is 6.42 Å². The Balaban J connectivity index is 2.07. The maximum absolute atomic E-state index is 4.54. The van der Waals surface area contributed by atoms with E-state index in [-0.39, 0.29) is 0 Å². The Labute approximate surface area is 116 Å². The molecule has 0 radical (unpaired) electrons. The van der Waals surface area contributed by atoms with E-state index in [1.807, 2.05) is 6.92 Å². The summed E-state index contributed by atoms with van der Waals surface area (Å²) in [6, 6.07) is 11.4. The van der Waals surface area contributed by atoms with Crippen LogP contribution < -0.4 is 5.32 Å². The zero-order valence-corrected chi connectivity index (χ0v) is 12.4. The first kappa shape index (κ1) is 14.0. The van der Waals surface area contributed by atoms with Gasteiger partial charge >= 0.3 is 0 Å². The average Bonchev–Trinajstić information content (AvgIpc) is 2.36. The monoisotopic (exact) mass is 256 g/mol. The first-order valence-corrected chi connectivity index (χ1v) is 7.14. The van der Waals surface area contributed by atoms with Crippen molar-refractivity contribution < 1.29 is 0 Å². The molecule has 0 saturated carbocycles. The Morgan fingerprint density at radius 1 is 1.11 bits per heavy atom. The molecule has 0 amide bonds. The first-order valence-electron chi connectivity index (χ1n) is 7.14. The third kappa shape index (κ3) is 4.03. The van der Waals surface area contributed by atoms with E-state index in [4.69, 9.17) is 0 Å². The molecule has 1 unspecified atom stereocenters. The zero-order chi connectivity index (χ0) is 13.8. The van der Waals surface area contributed by atoms with E-state index >= 15 is 0 Å². The van der Waals surface area contributed by atoms with Crippen molar-refractivity contribution in [2.24, 2.45) is 5.92 Å². The van der Waals surface area contributed by atoms with Crippen molar-refractivity contribution in [2.45, 2.75) is 40.2 Å². The lowest BCUT2D eigenvalue weighted by Gasteiger charge is -2.15. The van der Waals surface area contributed by atoms with Crippen molar-refractivity contribution in [1.29, 1.82) is 0 Å². The van der Waals surface area contributed by atoms with E-state index in [1.165, 1.54) is 10.9 Å². The normalized spacial score (nSPS) is 13.1. The Hall–Kier alpha value is -1.41. The molecule has 2 aromatic rings. The van der Waals surface area contributed by atoms with E-state index in [1.54, 1.807) is 0 Å². The highest BCUT2D eigenvalue weighted by Crippen LogP contribution is 2.17. The summed E-state index contributed by atoms with van der Waals surface area (Å²) in [4.78, 5) is 4.54. The Kier molecular flexibility index (Phi) is 4.54. The van der Waals surface area contributed by atoms with Gasteiger partial charge in [-0.1, -0.05) is 32.9 Å². The minimum atomic E-state index is 0.561. The number of benzene rings is 1. The van der Waals surface area contributed by atoms with Gasteiger partial charge in [0.2, 0.25) is 0 Å². The van der Waals surface area contributed by atoms with Crippen molar-refractivity contribution in [1.82, 2.24) is 10.3 Å². The largest absolute Gasteiger partial charge is 0.314 e. The second-order valence-electron chi connectivity index (χ2n) is 5.85. The number of hydrogen-bond donors (Lipinski definition) is 1. The SMILES string of the molecule is Cc1ccc2cc(CC(C)CNC(C)C)ccc2n1. The van der Waals surface area contributed by atoms with Crippen molar-refractivity contribution in [3.63, 3.8) is 0 Å². The van der Waals surface area contributed by atoms with Gasteiger partial charge in [-0.15, -0.1) is 0 Å². The quantitative estimate of drug-likeness (QED) is 0.882. The molecule has 19 heavy (non-hydrogen) atoms. The summed E-state index contributed by atoms with van der Waals surface area (Å²) in [5.74, 6) is 0.651. The fraction of sp³-hybridized carbons (Fsp3) is 0.471. The van der Waals surface area contributed by atoms with Gasteiger partial charge in [-0.25, -0.2) is 0 Å². The molecule has 0 bridgehead atoms. The van der Waals surface area contributed by atoms with Gasteiger partial charge in [0.05, 0.1) is 5.52 Å². The van der Waals surface area contributed by atoms with Gasteiger partial charge in [0, 0.05) is 17.1 Å². The highest BCUT2D eigenvalue weighted by atomic mass is 14.9. The predicted octanol–water partition coefficient (Wildman–Crippen LogP) is 3.72. The molecule has 0 spiro atoms. The van der Waals surface area contributed by atoms with Crippen LogP contribution in [0.15, 0.2) is 30.3 Å². The third-order valence-electron chi connectivity index (χ3n) is 3.35. The van der Waals surface area contributed by atoms with Crippen LogP contribution in [0.25, 0.3) is 10.9 Å². The number of aromatic nitrogens is 1. The van der Waals surface area contributed by atoms with Gasteiger partial charge in [0.1, 0.15) is 0 Å². The molecule has 1 aromatic carbocycles. The number of fused-ring (bicyclic) bond motifs is 1. The predicted molar refractivity (Wildman–Crippen MR) is 82.5 cm³/mol. The van der Waals surface area contributed by atoms with Gasteiger partial charge in [-0.3, -0.25) is 4.98 Å². The van der Waals surface area contributed by atoms with Crippen molar-refractivity contribution in [3.05, 3.63) is 41.6 Å². The lowest BCUT2D eigenvalue weighted by molar-refractivity contribution is 0.476. The van der Waals surface area contributed by atoms with Gasteiger partial charge in [0.25, 0.3) is 0 Å². The molecule has 0 aliphatic heterocycles. The highest BCUT2D eigenvalue weighted by molar-refractivity contribution is 5.79. The van der Waals surface area contributed by atoms with Crippen LogP contribution in [0.1, 0.15) is 32.0 Å². The fourth-order valence-corrected chi connectivity index (χ4v) is 2.32. The third-order valence-corrected chi connectivity index (χ3v) is 3.35. The van der Waals surface area contributed by atoms with Crippen molar-refractivity contribution >= 4 is 10.9 Å². The average molecular weight is 256 g/mol. The number of nitrogens with zero attached hydrogens (tertiary/aromatic N) is 1. The van der Waals surface area contributed by atoms with Crippen molar-refractivity contribution in [2.75, 3.05) is 6.54 Å². The second kappa shape index (κ2) is 6.16. The van der Waals surface area contributed by atoms with E-state index in [9.17, 15) is 0 Å². The molecule has 102 valence electrons. The van der Waals surface area contributed by atoms with Crippen LogP contribution >= 0.6 is 0 Å². The number of nitrogens with one attached hydrogen (secondary N) is 1. The molecule has 0 aliphatic rings. The molecule has 0 aliphatic carbocycles. The van der Waals surface area contributed by atoms with Gasteiger partial charge in [-0.2, -0.15) is 0 Å². The highest BCUT2D eigenvalue weighted by Gasteiger charge is 2.05. The Bertz CT molecular complexity index is 546. The topological polar surface area (TPSA) is 24.9 Å².